The highest BCUT2D eigenvalue weighted by Crippen LogP contribution is 2.06. The third-order valence-corrected chi connectivity index (χ3v) is 2.99. The van der Waals surface area contributed by atoms with Crippen LogP contribution >= 0.6 is 0 Å². The lowest BCUT2D eigenvalue weighted by atomic mass is 10.0. The molecule has 0 saturated heterocycles. The van der Waals surface area contributed by atoms with E-state index in [-0.39, 0.29) is 17.7 Å². The Hall–Kier alpha value is -1.91. The van der Waals surface area contributed by atoms with E-state index in [1.807, 2.05) is 13.8 Å². The highest BCUT2D eigenvalue weighted by Gasteiger charge is 2.13. The Labute approximate surface area is 113 Å². The molecule has 0 aliphatic heterocycles. The third-order valence-electron chi connectivity index (χ3n) is 2.99. The van der Waals surface area contributed by atoms with Crippen molar-refractivity contribution in [1.82, 2.24) is 15.6 Å². The molecule has 1 rings (SSSR count). The van der Waals surface area contributed by atoms with Gasteiger partial charge in [-0.25, -0.2) is 0 Å². The van der Waals surface area contributed by atoms with Crippen LogP contribution in [-0.2, 0) is 4.79 Å². The first kappa shape index (κ1) is 15.1. The molecule has 0 fully saturated rings. The molecule has 0 unspecified atom stereocenters. The highest BCUT2D eigenvalue weighted by atomic mass is 16.2. The maximum absolute atomic E-state index is 11.7. The van der Waals surface area contributed by atoms with Crippen LogP contribution in [0.3, 0.4) is 0 Å². The Morgan fingerprint density at radius 2 is 1.89 bits per heavy atom. The molecular formula is C14H21N3O2. The first-order chi connectivity index (χ1) is 9.19. The monoisotopic (exact) mass is 263 g/mol. The second-order valence-electron chi connectivity index (χ2n) is 4.30. The smallest absolute Gasteiger partial charge is 0.252 e. The molecule has 1 heterocycles. The molecule has 104 valence electrons. The van der Waals surface area contributed by atoms with Crippen molar-refractivity contribution >= 4 is 11.8 Å². The van der Waals surface area contributed by atoms with Crippen molar-refractivity contribution in [3.63, 3.8) is 0 Å². The molecule has 5 heteroatoms. The number of aromatic nitrogens is 1. The van der Waals surface area contributed by atoms with E-state index in [1.165, 1.54) is 6.20 Å². The summed E-state index contributed by atoms with van der Waals surface area (Å²) in [4.78, 5) is 27.2. The summed E-state index contributed by atoms with van der Waals surface area (Å²) in [7, 11) is 0. The van der Waals surface area contributed by atoms with Crippen LogP contribution in [0.2, 0.25) is 0 Å². The van der Waals surface area contributed by atoms with Gasteiger partial charge in [0.05, 0.1) is 5.56 Å². The summed E-state index contributed by atoms with van der Waals surface area (Å²) >= 11 is 0. The standard InChI is InChI=1S/C14H21N3O2/c1-3-11(4-2)13(18)16-8-9-17-14(19)12-6-5-7-15-10-12/h5-7,10-11H,3-4,8-9H2,1-2H3,(H,16,18)(H,17,19). The lowest BCUT2D eigenvalue weighted by Gasteiger charge is -2.12. The Kier molecular flexibility index (Phi) is 6.57. The number of carbonyl (C=O) groups excluding carboxylic acids is 2. The van der Waals surface area contributed by atoms with E-state index in [2.05, 4.69) is 15.6 Å². The number of nitrogens with zero attached hydrogens (tertiary/aromatic N) is 1. The van der Waals surface area contributed by atoms with Gasteiger partial charge in [-0.2, -0.15) is 0 Å². The van der Waals surface area contributed by atoms with Gasteiger partial charge in [0.1, 0.15) is 0 Å². The zero-order chi connectivity index (χ0) is 14.1. The number of rotatable bonds is 7. The molecule has 2 amide bonds. The maximum atomic E-state index is 11.7. The van der Waals surface area contributed by atoms with Gasteiger partial charge >= 0.3 is 0 Å². The molecule has 0 saturated carbocycles. The zero-order valence-electron chi connectivity index (χ0n) is 11.5. The predicted molar refractivity (Wildman–Crippen MR) is 73.7 cm³/mol. The molecule has 0 atom stereocenters. The Balaban J connectivity index is 2.24. The van der Waals surface area contributed by atoms with Gasteiger partial charge in [-0.05, 0) is 25.0 Å². The topological polar surface area (TPSA) is 71.1 Å². The Morgan fingerprint density at radius 3 is 2.47 bits per heavy atom. The lowest BCUT2D eigenvalue weighted by molar-refractivity contribution is -0.125. The molecule has 0 aromatic carbocycles. The van der Waals surface area contributed by atoms with Crippen LogP contribution < -0.4 is 10.6 Å². The van der Waals surface area contributed by atoms with Gasteiger partial charge < -0.3 is 10.6 Å². The Morgan fingerprint density at radius 1 is 1.21 bits per heavy atom. The summed E-state index contributed by atoms with van der Waals surface area (Å²) in [6.07, 6.45) is 4.81. The van der Waals surface area contributed by atoms with Crippen LogP contribution in [0.4, 0.5) is 0 Å². The third kappa shape index (κ3) is 5.07. The number of hydrogen-bond acceptors (Lipinski definition) is 3. The van der Waals surface area contributed by atoms with Gasteiger partial charge in [0.15, 0.2) is 0 Å². The average molecular weight is 263 g/mol. The van der Waals surface area contributed by atoms with E-state index >= 15 is 0 Å². The molecule has 5 nitrogen and oxygen atoms in total. The summed E-state index contributed by atoms with van der Waals surface area (Å²) in [5.74, 6) is -0.0560. The molecule has 0 radical (unpaired) electrons. The fourth-order valence-corrected chi connectivity index (χ4v) is 1.76. The summed E-state index contributed by atoms with van der Waals surface area (Å²) in [5, 5.41) is 5.56. The Bertz CT molecular complexity index is 402. The second kappa shape index (κ2) is 8.24. The van der Waals surface area contributed by atoms with Crippen molar-refractivity contribution in [3.05, 3.63) is 30.1 Å². The quantitative estimate of drug-likeness (QED) is 0.730. The fraction of sp³-hybridized carbons (Fsp3) is 0.500. The minimum absolute atomic E-state index is 0.0561. The van der Waals surface area contributed by atoms with Crippen LogP contribution in [-0.4, -0.2) is 29.9 Å². The van der Waals surface area contributed by atoms with E-state index in [1.54, 1.807) is 18.3 Å². The van der Waals surface area contributed by atoms with Crippen LogP contribution in [0, 0.1) is 5.92 Å². The molecule has 2 N–H and O–H groups in total. The number of hydrogen-bond donors (Lipinski definition) is 2. The number of amides is 2. The minimum atomic E-state index is -0.176. The van der Waals surface area contributed by atoms with Gasteiger partial charge in [0.2, 0.25) is 5.91 Å². The zero-order valence-corrected chi connectivity index (χ0v) is 11.5. The molecule has 0 spiro atoms. The van der Waals surface area contributed by atoms with Crippen molar-refractivity contribution in [2.45, 2.75) is 26.7 Å². The van der Waals surface area contributed by atoms with Crippen molar-refractivity contribution in [2.75, 3.05) is 13.1 Å². The lowest BCUT2D eigenvalue weighted by Crippen LogP contribution is -2.37. The normalized spacial score (nSPS) is 10.3. The summed E-state index contributed by atoms with van der Waals surface area (Å²) < 4.78 is 0. The maximum Gasteiger partial charge on any atom is 0.252 e. The van der Waals surface area contributed by atoms with Gasteiger partial charge in [0, 0.05) is 31.4 Å². The van der Waals surface area contributed by atoms with Gasteiger partial charge in [0.25, 0.3) is 5.91 Å². The van der Waals surface area contributed by atoms with Crippen LogP contribution in [0.5, 0.6) is 0 Å². The van der Waals surface area contributed by atoms with Gasteiger partial charge in [-0.3, -0.25) is 14.6 Å². The van der Waals surface area contributed by atoms with Crippen LogP contribution in [0.25, 0.3) is 0 Å². The summed E-state index contributed by atoms with van der Waals surface area (Å²) in [6.45, 7) is 4.86. The number of nitrogens with one attached hydrogen (secondary N) is 2. The fourth-order valence-electron chi connectivity index (χ4n) is 1.76. The van der Waals surface area contributed by atoms with E-state index < -0.39 is 0 Å². The average Bonchev–Trinajstić information content (AvgIpc) is 2.45. The molecule has 0 aliphatic rings. The number of pyridine rings is 1. The predicted octanol–water partition coefficient (Wildman–Crippen LogP) is 1.36. The molecule has 0 aliphatic carbocycles. The van der Waals surface area contributed by atoms with Crippen LogP contribution in [0.15, 0.2) is 24.5 Å². The van der Waals surface area contributed by atoms with Crippen LogP contribution in [0.1, 0.15) is 37.0 Å². The minimum Gasteiger partial charge on any atom is -0.354 e. The molecule has 19 heavy (non-hydrogen) atoms. The first-order valence-corrected chi connectivity index (χ1v) is 6.65. The van der Waals surface area contributed by atoms with Crippen molar-refractivity contribution in [3.8, 4) is 0 Å². The molecule has 1 aromatic heterocycles. The van der Waals surface area contributed by atoms with E-state index in [0.717, 1.165) is 12.8 Å². The van der Waals surface area contributed by atoms with Crippen molar-refractivity contribution in [2.24, 2.45) is 5.92 Å². The van der Waals surface area contributed by atoms with Gasteiger partial charge in [-0.15, -0.1) is 0 Å². The SMILES string of the molecule is CCC(CC)C(=O)NCCNC(=O)c1cccnc1. The van der Waals surface area contributed by atoms with Crippen molar-refractivity contribution in [1.29, 1.82) is 0 Å². The first-order valence-electron chi connectivity index (χ1n) is 6.65. The summed E-state index contributed by atoms with van der Waals surface area (Å²) in [5.41, 5.74) is 0.522. The second-order valence-corrected chi connectivity index (χ2v) is 4.30. The van der Waals surface area contributed by atoms with Crippen molar-refractivity contribution < 1.29 is 9.59 Å². The largest absolute Gasteiger partial charge is 0.354 e. The van der Waals surface area contributed by atoms with E-state index in [4.69, 9.17) is 0 Å². The van der Waals surface area contributed by atoms with E-state index in [9.17, 15) is 9.59 Å². The molecule has 0 bridgehead atoms. The van der Waals surface area contributed by atoms with Gasteiger partial charge in [-0.1, -0.05) is 13.8 Å². The number of carbonyl (C=O) groups is 2. The molecule has 1 aromatic rings. The molecular weight excluding hydrogens is 242 g/mol. The summed E-state index contributed by atoms with van der Waals surface area (Å²) in [6, 6.07) is 3.41. The van der Waals surface area contributed by atoms with E-state index in [0.29, 0.717) is 18.7 Å². The highest BCUT2D eigenvalue weighted by molar-refractivity contribution is 5.93.